The van der Waals surface area contributed by atoms with E-state index in [1.165, 1.54) is 6.07 Å². The van der Waals surface area contributed by atoms with E-state index in [1.807, 2.05) is 18.2 Å². The van der Waals surface area contributed by atoms with Crippen LogP contribution in [-0.4, -0.2) is 26.0 Å². The van der Waals surface area contributed by atoms with Crippen molar-refractivity contribution in [1.82, 2.24) is 16.0 Å². The molecule has 2 aromatic rings. The second kappa shape index (κ2) is 10.7. The molecule has 3 N–H and O–H groups in total. The molecule has 0 spiro atoms. The molecule has 0 aliphatic heterocycles. The minimum absolute atomic E-state index is 0. The highest BCUT2D eigenvalue weighted by Crippen LogP contribution is 2.09. The first-order valence-electron chi connectivity index (χ1n) is 8.04. The zero-order valence-electron chi connectivity index (χ0n) is 15.1. The first kappa shape index (κ1) is 21.9. The fraction of sp³-hybridized carbons (Fsp3) is 0.263. The highest BCUT2D eigenvalue weighted by Gasteiger charge is 2.04. The van der Waals surface area contributed by atoms with Gasteiger partial charge in [-0.1, -0.05) is 24.3 Å². The first-order valence-corrected chi connectivity index (χ1v) is 8.04. The van der Waals surface area contributed by atoms with Crippen LogP contribution >= 0.6 is 24.0 Å². The highest BCUT2D eigenvalue weighted by atomic mass is 127. The zero-order valence-corrected chi connectivity index (χ0v) is 17.4. The van der Waals surface area contributed by atoms with Crippen molar-refractivity contribution < 1.29 is 9.18 Å². The van der Waals surface area contributed by atoms with Crippen LogP contribution in [-0.2, 0) is 13.1 Å². The van der Waals surface area contributed by atoms with Crippen molar-refractivity contribution in [2.75, 3.05) is 14.1 Å². The quantitative estimate of drug-likeness (QED) is 0.358. The Morgan fingerprint density at radius 2 is 1.62 bits per heavy atom. The molecule has 0 unspecified atom stereocenters. The second-order valence-electron chi connectivity index (χ2n) is 5.64. The predicted octanol–water partition coefficient (Wildman–Crippen LogP) is 2.98. The minimum Gasteiger partial charge on any atom is -0.355 e. The third-order valence-corrected chi connectivity index (χ3v) is 3.81. The Kier molecular flexibility index (Phi) is 9.04. The van der Waals surface area contributed by atoms with Gasteiger partial charge in [0.2, 0.25) is 0 Å². The summed E-state index contributed by atoms with van der Waals surface area (Å²) >= 11 is 0. The van der Waals surface area contributed by atoms with Crippen molar-refractivity contribution in [3.63, 3.8) is 0 Å². The largest absolute Gasteiger partial charge is 0.355 e. The first-order chi connectivity index (χ1) is 12.0. The molecule has 7 heteroatoms. The Morgan fingerprint density at radius 1 is 1.04 bits per heavy atom. The van der Waals surface area contributed by atoms with Crippen LogP contribution in [0.5, 0.6) is 0 Å². The summed E-state index contributed by atoms with van der Waals surface area (Å²) in [5.74, 6) is 0.343. The van der Waals surface area contributed by atoms with Crippen molar-refractivity contribution in [1.29, 1.82) is 0 Å². The van der Waals surface area contributed by atoms with E-state index in [0.717, 1.165) is 11.1 Å². The fourth-order valence-corrected chi connectivity index (χ4v) is 2.33. The Hall–Kier alpha value is -2.16. The van der Waals surface area contributed by atoms with Crippen LogP contribution in [0, 0.1) is 12.7 Å². The second-order valence-corrected chi connectivity index (χ2v) is 5.64. The monoisotopic (exact) mass is 470 g/mol. The molecule has 2 aromatic carbocycles. The molecule has 0 fully saturated rings. The van der Waals surface area contributed by atoms with Crippen LogP contribution < -0.4 is 16.0 Å². The van der Waals surface area contributed by atoms with Crippen molar-refractivity contribution in [3.8, 4) is 0 Å². The van der Waals surface area contributed by atoms with Crippen LogP contribution in [0.1, 0.15) is 27.0 Å². The fourth-order valence-electron chi connectivity index (χ4n) is 2.33. The van der Waals surface area contributed by atoms with Crippen molar-refractivity contribution >= 4 is 35.8 Å². The van der Waals surface area contributed by atoms with Gasteiger partial charge in [0.15, 0.2) is 5.96 Å². The van der Waals surface area contributed by atoms with E-state index in [-0.39, 0.29) is 35.7 Å². The molecule has 26 heavy (non-hydrogen) atoms. The number of rotatable bonds is 5. The number of hydrogen-bond acceptors (Lipinski definition) is 2. The molecule has 0 aliphatic carbocycles. The maximum atomic E-state index is 13.3. The van der Waals surface area contributed by atoms with Gasteiger partial charge in [-0.2, -0.15) is 0 Å². The maximum absolute atomic E-state index is 13.3. The van der Waals surface area contributed by atoms with Gasteiger partial charge < -0.3 is 16.0 Å². The van der Waals surface area contributed by atoms with Crippen LogP contribution in [0.3, 0.4) is 0 Å². The molecule has 0 heterocycles. The SMILES string of the molecule is CN=C(NCc1ccc(C(=O)NC)cc1)NCc1ccc(F)c(C)c1.I. The van der Waals surface area contributed by atoms with E-state index < -0.39 is 0 Å². The summed E-state index contributed by atoms with van der Waals surface area (Å²) in [6.45, 7) is 2.88. The van der Waals surface area contributed by atoms with Crippen molar-refractivity contribution in [3.05, 3.63) is 70.5 Å². The standard InChI is InChI=1S/C19H23FN4O.HI/c1-13-10-15(6-9-17(13)20)12-24-19(22-3)23-11-14-4-7-16(8-5-14)18(25)21-2;/h4-10H,11-12H2,1-3H3,(H,21,25)(H2,22,23,24);1H. The summed E-state index contributed by atoms with van der Waals surface area (Å²) in [7, 11) is 3.30. The number of aryl methyl sites for hydroxylation is 1. The Labute approximate surface area is 170 Å². The van der Waals surface area contributed by atoms with E-state index in [0.29, 0.717) is 30.2 Å². The van der Waals surface area contributed by atoms with Gasteiger partial charge in [-0.25, -0.2) is 4.39 Å². The number of benzene rings is 2. The van der Waals surface area contributed by atoms with Gasteiger partial charge in [-0.15, -0.1) is 24.0 Å². The molecule has 0 bridgehead atoms. The van der Waals surface area contributed by atoms with Crippen molar-refractivity contribution in [2.24, 2.45) is 4.99 Å². The lowest BCUT2D eigenvalue weighted by Gasteiger charge is -2.12. The van der Waals surface area contributed by atoms with Gasteiger partial charge in [-0.3, -0.25) is 9.79 Å². The predicted molar refractivity (Wildman–Crippen MR) is 113 cm³/mol. The Bertz CT molecular complexity index is 763. The molecule has 2 rings (SSSR count). The smallest absolute Gasteiger partial charge is 0.251 e. The summed E-state index contributed by atoms with van der Waals surface area (Å²) in [6.07, 6.45) is 0. The van der Waals surface area contributed by atoms with Crippen LogP contribution in [0.25, 0.3) is 0 Å². The van der Waals surface area contributed by atoms with Crippen molar-refractivity contribution in [2.45, 2.75) is 20.0 Å². The van der Waals surface area contributed by atoms with Crippen LogP contribution in [0.2, 0.25) is 0 Å². The highest BCUT2D eigenvalue weighted by molar-refractivity contribution is 14.0. The molecular weight excluding hydrogens is 446 g/mol. The number of carbonyl (C=O) groups excluding carboxylic acids is 1. The number of nitrogens with zero attached hydrogens (tertiary/aromatic N) is 1. The number of aliphatic imine (C=N–C) groups is 1. The molecule has 1 amide bonds. The third-order valence-electron chi connectivity index (χ3n) is 3.81. The molecular formula is C19H24FIN4O. The Balaban J connectivity index is 0.00000338. The topological polar surface area (TPSA) is 65.5 Å². The van der Waals surface area contributed by atoms with E-state index in [1.54, 1.807) is 39.2 Å². The normalized spacial score (nSPS) is 10.7. The molecule has 5 nitrogen and oxygen atoms in total. The van der Waals surface area contributed by atoms with Gasteiger partial charge >= 0.3 is 0 Å². The molecule has 140 valence electrons. The van der Waals surface area contributed by atoms with E-state index in [2.05, 4.69) is 20.9 Å². The summed E-state index contributed by atoms with van der Waals surface area (Å²) in [5.41, 5.74) is 3.27. The number of nitrogens with one attached hydrogen (secondary N) is 3. The molecule has 0 aromatic heterocycles. The summed E-state index contributed by atoms with van der Waals surface area (Å²) < 4.78 is 13.3. The van der Waals surface area contributed by atoms with Gasteiger partial charge in [-0.05, 0) is 41.8 Å². The van der Waals surface area contributed by atoms with Crippen LogP contribution in [0.15, 0.2) is 47.5 Å². The van der Waals surface area contributed by atoms with Gasteiger partial charge in [0.25, 0.3) is 5.91 Å². The van der Waals surface area contributed by atoms with Gasteiger partial charge in [0.1, 0.15) is 5.82 Å². The lowest BCUT2D eigenvalue weighted by Crippen LogP contribution is -2.36. The number of hydrogen-bond donors (Lipinski definition) is 3. The number of amides is 1. The number of carbonyl (C=O) groups is 1. The average molecular weight is 470 g/mol. The summed E-state index contributed by atoms with van der Waals surface area (Å²) in [4.78, 5) is 15.7. The van der Waals surface area contributed by atoms with Gasteiger partial charge in [0, 0.05) is 32.7 Å². The van der Waals surface area contributed by atoms with E-state index >= 15 is 0 Å². The Morgan fingerprint density at radius 3 is 2.15 bits per heavy atom. The lowest BCUT2D eigenvalue weighted by molar-refractivity contribution is 0.0963. The van der Waals surface area contributed by atoms with Crippen LogP contribution in [0.4, 0.5) is 4.39 Å². The lowest BCUT2D eigenvalue weighted by atomic mass is 10.1. The summed E-state index contributed by atoms with van der Waals surface area (Å²) in [6, 6.07) is 12.4. The summed E-state index contributed by atoms with van der Waals surface area (Å²) in [5, 5.41) is 9.00. The number of guanidine groups is 1. The maximum Gasteiger partial charge on any atom is 0.251 e. The molecule has 0 radical (unpaired) electrons. The molecule has 0 aliphatic rings. The van der Waals surface area contributed by atoms with Gasteiger partial charge in [0.05, 0.1) is 0 Å². The molecule has 0 saturated carbocycles. The molecule has 0 saturated heterocycles. The van der Waals surface area contributed by atoms with E-state index in [4.69, 9.17) is 0 Å². The minimum atomic E-state index is -0.202. The third kappa shape index (κ3) is 6.29. The molecule has 0 atom stereocenters. The zero-order chi connectivity index (χ0) is 18.2. The average Bonchev–Trinajstić information content (AvgIpc) is 2.64. The van der Waals surface area contributed by atoms with E-state index in [9.17, 15) is 9.18 Å². The number of halogens is 2.